The van der Waals surface area contributed by atoms with Crippen molar-refractivity contribution in [3.8, 4) is 0 Å². The van der Waals surface area contributed by atoms with Crippen LogP contribution in [0.2, 0.25) is 0 Å². The Labute approximate surface area is 155 Å². The summed E-state index contributed by atoms with van der Waals surface area (Å²) in [5.41, 5.74) is 10.8. The summed E-state index contributed by atoms with van der Waals surface area (Å²) >= 11 is -0.211. The summed E-state index contributed by atoms with van der Waals surface area (Å²) < 4.78 is 0. The van der Waals surface area contributed by atoms with E-state index >= 15 is 0 Å². The van der Waals surface area contributed by atoms with Gasteiger partial charge >= 0.3 is 70.0 Å². The van der Waals surface area contributed by atoms with Crippen molar-refractivity contribution < 1.29 is 31.9 Å². The molecule has 0 radical (unpaired) electrons. The van der Waals surface area contributed by atoms with E-state index in [-0.39, 0.29) is 31.9 Å². The average molecular weight is 557 g/mol. The molecule has 0 aromatic rings. The zero-order chi connectivity index (χ0) is 15.9. The summed E-state index contributed by atoms with van der Waals surface area (Å²) in [6, 6.07) is 0. The van der Waals surface area contributed by atoms with Crippen LogP contribution in [0.5, 0.6) is 0 Å². The Kier molecular flexibility index (Phi) is 44.9. The number of nitrogens with two attached hydrogens (primary N) is 2. The van der Waals surface area contributed by atoms with Gasteiger partial charge in [0.15, 0.2) is 0 Å². The Morgan fingerprint density at radius 3 is 1.10 bits per heavy atom. The summed E-state index contributed by atoms with van der Waals surface area (Å²) in [5.74, 6) is 0. The van der Waals surface area contributed by atoms with Crippen LogP contribution in [0.15, 0.2) is 0 Å². The summed E-state index contributed by atoms with van der Waals surface area (Å²) in [6.45, 7) is 5.90. The van der Waals surface area contributed by atoms with Crippen LogP contribution in [-0.4, -0.2) is 39.3 Å². The number of halogens is 4. The third-order valence-electron chi connectivity index (χ3n) is 2.07. The van der Waals surface area contributed by atoms with E-state index < -0.39 is 0 Å². The van der Waals surface area contributed by atoms with Crippen molar-refractivity contribution in [3.63, 3.8) is 0 Å². The molecule has 0 unspecified atom stereocenters. The first-order valence-corrected chi connectivity index (χ1v) is 14.2. The standard InChI is InChI=1S/C10H26N4.4ClH.2Pd/c11-5-3-9-13-7-1-2-8-14-10-4-6-12;;;;;;/h13-14H,1-12H2;4*1H;;/q;;;;;2*+2/p-4. The number of hydrogen-bond donors (Lipinski definition) is 4. The number of hydrogen-bond acceptors (Lipinski definition) is 4. The van der Waals surface area contributed by atoms with Crippen LogP contribution >= 0.6 is 38.1 Å². The summed E-state index contributed by atoms with van der Waals surface area (Å²) in [5, 5.41) is 6.72. The SMILES string of the molecule is NCCCNCCCCNCCCN.[Cl][Pd][Cl].[Cl][Pd][Cl]. The topological polar surface area (TPSA) is 76.1 Å². The molecule has 0 atom stereocenters. The predicted octanol–water partition coefficient (Wildman–Crippen LogP) is 2.40. The molecule has 0 aliphatic rings. The van der Waals surface area contributed by atoms with Crippen molar-refractivity contribution in [1.29, 1.82) is 0 Å². The molecular formula is C10H26Cl4N4Pd2. The number of rotatable bonds is 11. The monoisotopic (exact) mass is 554 g/mol. The molecule has 0 fully saturated rings. The molecule has 6 N–H and O–H groups in total. The van der Waals surface area contributed by atoms with Crippen molar-refractivity contribution in [2.45, 2.75) is 25.7 Å². The fourth-order valence-electron chi connectivity index (χ4n) is 1.20. The van der Waals surface area contributed by atoms with Gasteiger partial charge in [0, 0.05) is 0 Å². The Morgan fingerprint density at radius 2 is 0.850 bits per heavy atom. The third-order valence-corrected chi connectivity index (χ3v) is 2.07. The molecule has 134 valence electrons. The Bertz CT molecular complexity index is 128. The van der Waals surface area contributed by atoms with E-state index in [0.29, 0.717) is 0 Å². The van der Waals surface area contributed by atoms with E-state index in [2.05, 4.69) is 10.6 Å². The summed E-state index contributed by atoms with van der Waals surface area (Å²) in [4.78, 5) is 0. The molecule has 0 rings (SSSR count). The van der Waals surface area contributed by atoms with Gasteiger partial charge in [-0.2, -0.15) is 0 Å². The van der Waals surface area contributed by atoms with Gasteiger partial charge in [-0.15, -0.1) is 0 Å². The van der Waals surface area contributed by atoms with Crippen LogP contribution in [0.25, 0.3) is 0 Å². The Morgan fingerprint density at radius 1 is 0.600 bits per heavy atom. The molecule has 0 aliphatic heterocycles. The van der Waals surface area contributed by atoms with E-state index in [1.807, 2.05) is 0 Å². The molecule has 0 spiro atoms. The maximum absolute atomic E-state index is 5.38. The van der Waals surface area contributed by atoms with E-state index in [4.69, 9.17) is 49.6 Å². The first-order valence-electron chi connectivity index (χ1n) is 6.21. The van der Waals surface area contributed by atoms with Crippen molar-refractivity contribution in [2.24, 2.45) is 11.5 Å². The van der Waals surface area contributed by atoms with Gasteiger partial charge in [-0.1, -0.05) is 0 Å². The van der Waals surface area contributed by atoms with E-state index in [1.54, 1.807) is 0 Å². The molecule has 0 bridgehead atoms. The minimum atomic E-state index is -0.106. The van der Waals surface area contributed by atoms with Crippen LogP contribution in [-0.2, 0) is 31.9 Å². The molecule has 0 saturated carbocycles. The molecule has 10 heteroatoms. The van der Waals surface area contributed by atoms with Crippen molar-refractivity contribution >= 4 is 38.1 Å². The maximum atomic E-state index is 5.38. The van der Waals surface area contributed by atoms with E-state index in [1.165, 1.54) is 12.8 Å². The predicted molar refractivity (Wildman–Crippen MR) is 85.7 cm³/mol. The molecule has 0 amide bonds. The molecule has 0 aliphatic carbocycles. The normalized spacial score (nSPS) is 9.70. The van der Waals surface area contributed by atoms with Crippen molar-refractivity contribution in [1.82, 2.24) is 10.6 Å². The van der Waals surface area contributed by atoms with Crippen molar-refractivity contribution in [2.75, 3.05) is 39.3 Å². The second-order valence-corrected chi connectivity index (χ2v) is 8.30. The minimum absolute atomic E-state index is 0.106. The van der Waals surface area contributed by atoms with Gasteiger partial charge in [-0.3, -0.25) is 0 Å². The summed E-state index contributed by atoms with van der Waals surface area (Å²) in [6.07, 6.45) is 4.63. The average Bonchev–Trinajstić information content (AvgIpc) is 2.43. The van der Waals surface area contributed by atoms with E-state index in [9.17, 15) is 0 Å². The van der Waals surface area contributed by atoms with Crippen LogP contribution in [0.1, 0.15) is 25.7 Å². The van der Waals surface area contributed by atoms with Crippen molar-refractivity contribution in [3.05, 3.63) is 0 Å². The van der Waals surface area contributed by atoms with Gasteiger partial charge in [0.1, 0.15) is 0 Å². The van der Waals surface area contributed by atoms with Gasteiger partial charge in [0.25, 0.3) is 0 Å². The molecule has 20 heavy (non-hydrogen) atoms. The first kappa shape index (κ1) is 27.2. The fourth-order valence-corrected chi connectivity index (χ4v) is 1.20. The Hall–Kier alpha value is 2.32. The second-order valence-electron chi connectivity index (χ2n) is 3.58. The zero-order valence-electron chi connectivity index (χ0n) is 11.4. The quantitative estimate of drug-likeness (QED) is 0.233. The molecule has 0 aromatic carbocycles. The molecule has 0 heterocycles. The molecule has 0 saturated heterocycles. The molecular weight excluding hydrogens is 531 g/mol. The van der Waals surface area contributed by atoms with Gasteiger partial charge < -0.3 is 22.1 Å². The summed E-state index contributed by atoms with van der Waals surface area (Å²) in [7, 11) is 19.3. The van der Waals surface area contributed by atoms with Crippen LogP contribution in [0.3, 0.4) is 0 Å². The van der Waals surface area contributed by atoms with Gasteiger partial charge in [-0.05, 0) is 65.0 Å². The van der Waals surface area contributed by atoms with Gasteiger partial charge in [-0.25, -0.2) is 0 Å². The zero-order valence-corrected chi connectivity index (χ0v) is 17.5. The fraction of sp³-hybridized carbons (Fsp3) is 1.00. The first-order chi connectivity index (χ1) is 9.74. The third kappa shape index (κ3) is 42.7. The molecule has 4 nitrogen and oxygen atoms in total. The Balaban J connectivity index is -0.000000408. The number of unbranched alkanes of at least 4 members (excludes halogenated alkanes) is 1. The van der Waals surface area contributed by atoms with Crippen LogP contribution < -0.4 is 22.1 Å². The second kappa shape index (κ2) is 33.1. The van der Waals surface area contributed by atoms with Gasteiger partial charge in [0.05, 0.1) is 0 Å². The van der Waals surface area contributed by atoms with E-state index in [0.717, 1.165) is 52.1 Å². The van der Waals surface area contributed by atoms with Gasteiger partial charge in [0.2, 0.25) is 0 Å². The molecule has 0 aromatic heterocycles. The number of nitrogens with one attached hydrogen (secondary N) is 2. The van der Waals surface area contributed by atoms with Crippen LogP contribution in [0.4, 0.5) is 0 Å². The van der Waals surface area contributed by atoms with Crippen LogP contribution in [0, 0.1) is 0 Å².